The minimum Gasteiger partial charge on any atom is -0.493 e. The van der Waals surface area contributed by atoms with Crippen LogP contribution in [-0.4, -0.2) is 19.1 Å². The van der Waals surface area contributed by atoms with E-state index in [-0.39, 0.29) is 12.5 Å². The summed E-state index contributed by atoms with van der Waals surface area (Å²) in [6.45, 7) is 3.60. The van der Waals surface area contributed by atoms with Gasteiger partial charge in [0.2, 0.25) is 0 Å². The Bertz CT molecular complexity index is 709. The number of ether oxygens (including phenoxy) is 1. The van der Waals surface area contributed by atoms with Crippen LogP contribution in [-0.2, 0) is 21.1 Å². The molecule has 132 valence electrons. The molecule has 0 heterocycles. The number of hydrogen-bond acceptors (Lipinski definition) is 5. The molecule has 0 atom stereocenters. The van der Waals surface area contributed by atoms with Gasteiger partial charge in [-0.1, -0.05) is 36.4 Å². The lowest BCUT2D eigenvalue weighted by Gasteiger charge is -2.09. The summed E-state index contributed by atoms with van der Waals surface area (Å²) < 4.78 is 5.71. The van der Waals surface area contributed by atoms with E-state index in [0.29, 0.717) is 23.1 Å². The number of amides is 1. The molecule has 1 amide bonds. The van der Waals surface area contributed by atoms with Crippen LogP contribution in [0, 0.1) is 0 Å². The maximum atomic E-state index is 11.7. The van der Waals surface area contributed by atoms with Crippen molar-refractivity contribution in [1.82, 2.24) is 5.48 Å². The Hall–Kier alpha value is -2.54. The fourth-order valence-corrected chi connectivity index (χ4v) is 2.20. The highest BCUT2D eigenvalue weighted by Crippen LogP contribution is 2.18. The lowest BCUT2D eigenvalue weighted by Crippen LogP contribution is -2.20. The van der Waals surface area contributed by atoms with Crippen molar-refractivity contribution in [2.45, 2.75) is 6.42 Å². The summed E-state index contributed by atoms with van der Waals surface area (Å²) in [6, 6.07) is 14.7. The zero-order chi connectivity index (χ0) is 17.9. The number of hydroxylamine groups is 1. The van der Waals surface area contributed by atoms with E-state index in [0.717, 1.165) is 12.0 Å². The van der Waals surface area contributed by atoms with Gasteiger partial charge >= 0.3 is 0 Å². The van der Waals surface area contributed by atoms with Gasteiger partial charge < -0.3 is 10.1 Å². The monoisotopic (exact) mass is 362 g/mol. The Morgan fingerprint density at radius 1 is 1.20 bits per heavy atom. The summed E-state index contributed by atoms with van der Waals surface area (Å²) in [4.78, 5) is 20.8. The van der Waals surface area contributed by atoms with Gasteiger partial charge in [0.1, 0.15) is 5.75 Å². The molecule has 6 nitrogen and oxygen atoms in total. The summed E-state index contributed by atoms with van der Waals surface area (Å²) in [5.74, 6) is 0.298. The van der Waals surface area contributed by atoms with E-state index in [4.69, 9.17) is 16.3 Å². The van der Waals surface area contributed by atoms with Crippen LogP contribution in [0.3, 0.4) is 0 Å². The fraction of sp³-hybridized carbons (Fsp3) is 0.167. The molecule has 0 aliphatic rings. The molecule has 0 bridgehead atoms. The molecule has 7 heteroatoms. The van der Waals surface area contributed by atoms with Crippen molar-refractivity contribution < 1.29 is 19.4 Å². The molecule has 2 aromatic rings. The van der Waals surface area contributed by atoms with E-state index >= 15 is 0 Å². The fourth-order valence-electron chi connectivity index (χ4n) is 1.99. The average Bonchev–Trinajstić information content (AvgIpc) is 2.59. The second-order valence-electron chi connectivity index (χ2n) is 4.97. The maximum absolute atomic E-state index is 11.7. The maximum Gasteiger partial charge on any atom is 0.253 e. The summed E-state index contributed by atoms with van der Waals surface area (Å²) in [7, 11) is 0. The van der Waals surface area contributed by atoms with Crippen LogP contribution in [0.5, 0.6) is 5.75 Å². The number of carbonyl (C=O) groups is 1. The molecule has 0 saturated carbocycles. The van der Waals surface area contributed by atoms with Crippen molar-refractivity contribution in [3.05, 3.63) is 71.9 Å². The molecule has 0 aliphatic carbocycles. The number of rotatable bonds is 10. The van der Waals surface area contributed by atoms with E-state index in [1.165, 1.54) is 6.20 Å². The second-order valence-corrected chi connectivity index (χ2v) is 5.41. The summed E-state index contributed by atoms with van der Waals surface area (Å²) in [5.41, 5.74) is 3.95. The van der Waals surface area contributed by atoms with Gasteiger partial charge in [-0.2, -0.15) is 0 Å². The lowest BCUT2D eigenvalue weighted by molar-refractivity contribution is -0.320. The van der Waals surface area contributed by atoms with Crippen molar-refractivity contribution in [2.24, 2.45) is 0 Å². The number of carbonyl (C=O) groups excluding carboxylic acids is 1. The molecule has 0 unspecified atom stereocenters. The highest BCUT2D eigenvalue weighted by Gasteiger charge is 2.04. The summed E-state index contributed by atoms with van der Waals surface area (Å²) in [5, 5.41) is 3.39. The third kappa shape index (κ3) is 7.26. The number of anilines is 1. The molecule has 0 aromatic heterocycles. The first kappa shape index (κ1) is 18.8. The summed E-state index contributed by atoms with van der Waals surface area (Å²) in [6.07, 6.45) is 2.01. The minimum absolute atomic E-state index is 0.263. The van der Waals surface area contributed by atoms with Crippen LogP contribution in [0.1, 0.15) is 5.56 Å². The number of hydrogen-bond donors (Lipinski definition) is 2. The Morgan fingerprint density at radius 2 is 2.04 bits per heavy atom. The molecular formula is C18H19ClN2O4. The largest absolute Gasteiger partial charge is 0.493 e. The molecule has 0 aliphatic heterocycles. The topological polar surface area (TPSA) is 68.8 Å². The smallest absolute Gasteiger partial charge is 0.253 e. The Balaban J connectivity index is 1.78. The van der Waals surface area contributed by atoms with Gasteiger partial charge in [-0.25, -0.2) is 10.4 Å². The van der Waals surface area contributed by atoms with E-state index in [1.807, 2.05) is 30.3 Å². The quantitative estimate of drug-likeness (QED) is 0.384. The van der Waals surface area contributed by atoms with Crippen LogP contribution < -0.4 is 15.5 Å². The van der Waals surface area contributed by atoms with Crippen molar-refractivity contribution in [1.29, 1.82) is 0 Å². The normalized spacial score (nSPS) is 10.1. The van der Waals surface area contributed by atoms with Crippen molar-refractivity contribution >= 4 is 23.2 Å². The van der Waals surface area contributed by atoms with Crippen molar-refractivity contribution in [2.75, 3.05) is 18.5 Å². The Morgan fingerprint density at radius 3 is 2.84 bits per heavy atom. The Labute approximate surface area is 151 Å². The minimum atomic E-state index is -0.359. The SMILES string of the molecule is C=CNOOCC(=O)Nc1cccc(OCCc2cccc(Cl)c2)c1. The van der Waals surface area contributed by atoms with Crippen LogP contribution in [0.4, 0.5) is 5.69 Å². The van der Waals surface area contributed by atoms with Gasteiger partial charge in [-0.15, -0.1) is 4.99 Å². The molecule has 0 radical (unpaired) electrons. The van der Waals surface area contributed by atoms with Crippen LogP contribution >= 0.6 is 11.6 Å². The van der Waals surface area contributed by atoms with E-state index in [1.54, 1.807) is 18.2 Å². The first-order chi connectivity index (χ1) is 12.2. The van der Waals surface area contributed by atoms with Gasteiger partial charge in [0.25, 0.3) is 5.91 Å². The third-order valence-corrected chi connectivity index (χ3v) is 3.28. The van der Waals surface area contributed by atoms with Crippen LogP contribution in [0.25, 0.3) is 0 Å². The first-order valence-corrected chi connectivity index (χ1v) is 7.97. The highest BCUT2D eigenvalue weighted by atomic mass is 35.5. The second kappa shape index (κ2) is 10.4. The highest BCUT2D eigenvalue weighted by molar-refractivity contribution is 6.30. The Kier molecular flexibility index (Phi) is 7.78. The van der Waals surface area contributed by atoms with Crippen LogP contribution in [0.15, 0.2) is 61.3 Å². The molecular weight excluding hydrogens is 344 g/mol. The standard InChI is InChI=1S/C18H19ClN2O4/c1-2-20-25-24-13-18(22)21-16-7-4-8-17(12-16)23-10-9-14-5-3-6-15(19)11-14/h2-8,11-12,20H,1,9-10,13H2,(H,21,22). The molecule has 2 N–H and O–H groups in total. The van der Waals surface area contributed by atoms with E-state index in [9.17, 15) is 4.79 Å². The lowest BCUT2D eigenvalue weighted by atomic mass is 10.2. The summed E-state index contributed by atoms with van der Waals surface area (Å²) >= 11 is 5.95. The molecule has 0 fully saturated rings. The van der Waals surface area contributed by atoms with E-state index in [2.05, 4.69) is 27.3 Å². The van der Waals surface area contributed by atoms with Gasteiger partial charge in [-0.3, -0.25) is 4.79 Å². The first-order valence-electron chi connectivity index (χ1n) is 7.59. The van der Waals surface area contributed by atoms with Crippen LogP contribution in [0.2, 0.25) is 5.02 Å². The zero-order valence-corrected chi connectivity index (χ0v) is 14.3. The van der Waals surface area contributed by atoms with E-state index < -0.39 is 0 Å². The molecule has 2 rings (SSSR count). The predicted molar refractivity (Wildman–Crippen MR) is 96.1 cm³/mol. The third-order valence-electron chi connectivity index (χ3n) is 3.05. The van der Waals surface area contributed by atoms with Gasteiger partial charge in [0, 0.05) is 29.4 Å². The molecule has 0 saturated heterocycles. The van der Waals surface area contributed by atoms with Crippen molar-refractivity contribution in [3.8, 4) is 5.75 Å². The van der Waals surface area contributed by atoms with Crippen molar-refractivity contribution in [3.63, 3.8) is 0 Å². The predicted octanol–water partition coefficient (Wildman–Crippen LogP) is 3.50. The van der Waals surface area contributed by atoms with Gasteiger partial charge in [0.05, 0.1) is 6.61 Å². The molecule has 0 spiro atoms. The van der Waals surface area contributed by atoms with Gasteiger partial charge in [-0.05, 0) is 29.8 Å². The molecule has 2 aromatic carbocycles. The average molecular weight is 363 g/mol. The number of benzene rings is 2. The molecule has 25 heavy (non-hydrogen) atoms. The number of halogens is 1. The number of nitrogens with one attached hydrogen (secondary N) is 2. The van der Waals surface area contributed by atoms with Gasteiger partial charge in [0.15, 0.2) is 6.61 Å². The zero-order valence-electron chi connectivity index (χ0n) is 13.5.